The van der Waals surface area contributed by atoms with Gasteiger partial charge in [0.1, 0.15) is 59.8 Å². The molecule has 0 fully saturated rings. The molecule has 13 heteroatoms. The predicted molar refractivity (Wildman–Crippen MR) is 312 cm³/mol. The van der Waals surface area contributed by atoms with Crippen LogP contribution >= 0.6 is 34.5 Å². The fourth-order valence-electron chi connectivity index (χ4n) is 9.69. The molecular formula is C65H69Cl2N5O5S+4. The zero-order chi connectivity index (χ0) is 56.2. The summed E-state index contributed by atoms with van der Waals surface area (Å²) in [4.78, 5) is 13.5. The summed E-state index contributed by atoms with van der Waals surface area (Å²) in [5.41, 5.74) is 18.5. The van der Waals surface area contributed by atoms with Crippen molar-refractivity contribution in [3.05, 3.63) is 200 Å². The Kier molecular flexibility index (Phi) is 19.8. The number of furan rings is 1. The number of carbonyl (C=O) groups excluding carboxylic acids is 1. The Labute approximate surface area is 473 Å². The highest BCUT2D eigenvalue weighted by Crippen LogP contribution is 2.35. The van der Waals surface area contributed by atoms with Gasteiger partial charge in [-0.05, 0) is 137 Å². The molecule has 0 bridgehead atoms. The molecule has 0 amide bonds. The van der Waals surface area contributed by atoms with Gasteiger partial charge in [0, 0.05) is 47.0 Å². The quantitative estimate of drug-likeness (QED) is 0.106. The first-order valence-electron chi connectivity index (χ1n) is 25.9. The van der Waals surface area contributed by atoms with Crippen molar-refractivity contribution in [2.24, 2.45) is 28.2 Å². The summed E-state index contributed by atoms with van der Waals surface area (Å²) in [6.07, 6.45) is 13.0. The van der Waals surface area contributed by atoms with Gasteiger partial charge in [-0.15, -0.1) is 11.3 Å². The number of benzene rings is 3. The van der Waals surface area contributed by atoms with E-state index in [1.807, 2.05) is 75.3 Å². The van der Waals surface area contributed by atoms with Crippen molar-refractivity contribution in [2.45, 2.75) is 67.2 Å². The molecule has 1 aliphatic carbocycles. The van der Waals surface area contributed by atoms with Crippen LogP contribution in [-0.4, -0.2) is 26.8 Å². The maximum Gasteiger partial charge on any atom is 0.338 e. The van der Waals surface area contributed by atoms with Crippen LogP contribution in [-0.2, 0) is 45.8 Å². The fraction of sp³-hybridized carbons (Fsp3) is 0.262. The molecule has 0 saturated heterocycles. The monoisotopic (exact) mass is 1100 g/mol. The first-order valence-corrected chi connectivity index (χ1v) is 27.5. The van der Waals surface area contributed by atoms with Gasteiger partial charge >= 0.3 is 5.97 Å². The number of fused-ring (bicyclic) bond motifs is 1. The van der Waals surface area contributed by atoms with Gasteiger partial charge < -0.3 is 18.6 Å². The molecule has 0 spiro atoms. The fourth-order valence-corrected chi connectivity index (χ4v) is 11.4. The highest BCUT2D eigenvalue weighted by molar-refractivity contribution is 7.16. The van der Waals surface area contributed by atoms with Gasteiger partial charge in [0.25, 0.3) is 5.95 Å². The van der Waals surface area contributed by atoms with Crippen LogP contribution in [0.25, 0.3) is 55.5 Å². The van der Waals surface area contributed by atoms with Gasteiger partial charge in [0.2, 0.25) is 29.0 Å². The Balaban J connectivity index is 0.000000151. The lowest BCUT2D eigenvalue weighted by atomic mass is 9.87. The van der Waals surface area contributed by atoms with E-state index in [2.05, 4.69) is 147 Å². The number of pyridine rings is 4. The van der Waals surface area contributed by atoms with Gasteiger partial charge in [-0.2, -0.15) is 14.4 Å². The lowest BCUT2D eigenvalue weighted by Crippen LogP contribution is -2.32. The number of hydrogen-bond donors (Lipinski definition) is 0. The topological polar surface area (TPSA) is 97.2 Å². The van der Waals surface area contributed by atoms with Gasteiger partial charge in [-0.25, -0.2) is 13.9 Å². The van der Waals surface area contributed by atoms with Crippen LogP contribution in [0.4, 0.5) is 0 Å². The highest BCUT2D eigenvalue weighted by atomic mass is 35.5. The van der Waals surface area contributed by atoms with E-state index in [1.54, 1.807) is 24.9 Å². The molecular weight excluding hydrogens is 1030 g/mol. The van der Waals surface area contributed by atoms with E-state index < -0.39 is 0 Å². The zero-order valence-corrected chi connectivity index (χ0v) is 49.1. The maximum atomic E-state index is 11.8. The summed E-state index contributed by atoms with van der Waals surface area (Å²) in [7, 11) is 10.9. The molecule has 3 aromatic carbocycles. The average molecular weight is 1100 g/mol. The largest absolute Gasteiger partial charge is 0.488 e. The number of nitriles is 1. The molecule has 10 nitrogen and oxygen atoms in total. The van der Waals surface area contributed by atoms with Gasteiger partial charge in [-0.1, -0.05) is 77.8 Å². The lowest BCUT2D eigenvalue weighted by molar-refractivity contribution is -0.660. The van der Waals surface area contributed by atoms with Crippen molar-refractivity contribution in [1.29, 1.82) is 5.26 Å². The molecule has 0 aliphatic heterocycles. The number of thiophene rings is 1. The molecule has 9 aromatic rings. The van der Waals surface area contributed by atoms with E-state index in [-0.39, 0.29) is 5.97 Å². The minimum Gasteiger partial charge on any atom is -0.488 e. The first kappa shape index (κ1) is 58.1. The number of halogens is 2. The van der Waals surface area contributed by atoms with Crippen molar-refractivity contribution >= 4 is 40.5 Å². The number of aryl methyl sites for hydroxylation is 11. The molecule has 6 heterocycles. The van der Waals surface area contributed by atoms with Crippen LogP contribution in [0.1, 0.15) is 74.1 Å². The Morgan fingerprint density at radius 3 is 1.97 bits per heavy atom. The third kappa shape index (κ3) is 13.9. The van der Waals surface area contributed by atoms with Crippen LogP contribution in [0.15, 0.2) is 144 Å². The molecule has 400 valence electrons. The molecule has 78 heavy (non-hydrogen) atoms. The van der Waals surface area contributed by atoms with Crippen LogP contribution in [0.5, 0.6) is 11.7 Å². The summed E-state index contributed by atoms with van der Waals surface area (Å²) < 4.78 is 29.0. The summed E-state index contributed by atoms with van der Waals surface area (Å²) in [5.74, 6) is 1.80. The normalized spacial score (nSPS) is 11.3. The predicted octanol–water partition coefficient (Wildman–Crippen LogP) is 13.8. The van der Waals surface area contributed by atoms with Crippen molar-refractivity contribution < 1.29 is 41.7 Å². The maximum absolute atomic E-state index is 11.8. The second-order valence-corrected chi connectivity index (χ2v) is 21.2. The van der Waals surface area contributed by atoms with Crippen LogP contribution in [0.3, 0.4) is 0 Å². The standard InChI is InChI=1S/C19H24NO.C19H18N.C15H15N2O2S.C12H12Cl2NO2/c1-4-21-17-9-10-19(20(3)13-17)18-12-16-8-6-5-7-15(16)11-14(18)2;1-15-8-6-7-11-18(15)19-14-17(12-13-20(19)2)16-9-4-3-5-10-16;1-9-5-11(7-16)20-14(9)13-6-12(15(18)19-4)10(2)8-17(13)3;1-7-9(5-11(16-3)17-7)12-10(14)4-8(13)6-15(12)2/h9-13H,4-8H2,1-3H3;3-14H,1-2H3;5-6,8H,1-4H3;4-6H,1-3H3/q4*+1. The van der Waals surface area contributed by atoms with Crippen molar-refractivity contribution in [3.63, 3.8) is 0 Å². The SMILES string of the molecule is CCOc1ccc(-c2cc3c(cc2C)CCCC3)[n+](C)c1.COC(=O)c1cc(-c2sc(C#N)cc2C)[n+](C)cc1C.COc1cc(-c2c(Cl)cc(Cl)c[n+]2C)c(C)o1.Cc1ccccc1-c1cc(-c2ccccc2)cc[n+]1C. The summed E-state index contributed by atoms with van der Waals surface area (Å²) in [6, 6.07) is 41.8. The molecule has 0 radical (unpaired) electrons. The summed E-state index contributed by atoms with van der Waals surface area (Å²) >= 11 is 13.6. The first-order chi connectivity index (χ1) is 37.4. The second kappa shape index (κ2) is 26.6. The number of carbonyl (C=O) groups is 1. The van der Waals surface area contributed by atoms with Crippen molar-refractivity contribution in [1.82, 2.24) is 0 Å². The lowest BCUT2D eigenvalue weighted by Gasteiger charge is -2.18. The summed E-state index contributed by atoms with van der Waals surface area (Å²) in [6.45, 7) is 12.8. The minimum absolute atomic E-state index is 0.348. The Bertz CT molecular complexity index is 3610. The number of nitrogens with zero attached hydrogens (tertiary/aromatic N) is 5. The number of ether oxygens (including phenoxy) is 3. The summed E-state index contributed by atoms with van der Waals surface area (Å²) in [5, 5.41) is 10.2. The van der Waals surface area contributed by atoms with Crippen molar-refractivity contribution in [2.75, 3.05) is 20.8 Å². The van der Waals surface area contributed by atoms with E-state index in [1.165, 1.54) is 94.5 Å². The Hall–Kier alpha value is -7.62. The molecule has 0 atom stereocenters. The Morgan fingerprint density at radius 1 is 0.654 bits per heavy atom. The number of esters is 1. The van der Waals surface area contributed by atoms with Crippen LogP contribution < -0.4 is 27.7 Å². The van der Waals surface area contributed by atoms with E-state index in [9.17, 15) is 4.79 Å². The van der Waals surface area contributed by atoms with Crippen molar-refractivity contribution in [3.8, 4) is 73.2 Å². The molecule has 0 saturated carbocycles. The van der Waals surface area contributed by atoms with E-state index >= 15 is 0 Å². The van der Waals surface area contributed by atoms with E-state index in [4.69, 9.17) is 47.1 Å². The molecule has 0 N–H and O–H groups in total. The van der Waals surface area contributed by atoms with Gasteiger partial charge in [-0.3, -0.25) is 0 Å². The third-order valence-electron chi connectivity index (χ3n) is 13.7. The average Bonchev–Trinajstić information content (AvgIpc) is 4.04. The van der Waals surface area contributed by atoms with E-state index in [0.29, 0.717) is 33.0 Å². The highest BCUT2D eigenvalue weighted by Gasteiger charge is 2.24. The minimum atomic E-state index is -0.348. The molecule has 0 unspecified atom stereocenters. The third-order valence-corrected chi connectivity index (χ3v) is 15.4. The van der Waals surface area contributed by atoms with Crippen LogP contribution in [0, 0.1) is 45.9 Å². The van der Waals surface area contributed by atoms with E-state index in [0.717, 1.165) is 44.5 Å². The Morgan fingerprint density at radius 2 is 1.35 bits per heavy atom. The smallest absolute Gasteiger partial charge is 0.338 e. The number of aromatic nitrogens is 4. The van der Waals surface area contributed by atoms with Gasteiger partial charge in [0.15, 0.2) is 24.3 Å². The second-order valence-electron chi connectivity index (χ2n) is 19.3. The molecule has 1 aliphatic rings. The van der Waals surface area contributed by atoms with Gasteiger partial charge in [0.05, 0.1) is 32.0 Å². The molecule has 10 rings (SSSR count). The number of methoxy groups -OCH3 is 2. The number of rotatable bonds is 9. The molecule has 6 aromatic heterocycles. The van der Waals surface area contributed by atoms with Crippen LogP contribution in [0.2, 0.25) is 10.0 Å². The zero-order valence-electron chi connectivity index (χ0n) is 46.8. The number of hydrogen-bond acceptors (Lipinski definition) is 7.